The third kappa shape index (κ3) is 3.87. The number of amides is 2. The minimum Gasteiger partial charge on any atom is -0.395 e. The van der Waals surface area contributed by atoms with Crippen LogP contribution in [0.2, 0.25) is 10.0 Å². The van der Waals surface area contributed by atoms with E-state index in [1.54, 1.807) is 6.92 Å². The first-order valence-electron chi connectivity index (χ1n) is 5.11. The van der Waals surface area contributed by atoms with E-state index in [1.165, 1.54) is 12.1 Å². The Hall–Kier alpha value is -1.30. The van der Waals surface area contributed by atoms with Crippen LogP contribution in [0.15, 0.2) is 12.1 Å². The van der Waals surface area contributed by atoms with E-state index in [9.17, 15) is 9.59 Å². The first kappa shape index (κ1) is 14.8. The van der Waals surface area contributed by atoms with E-state index in [0.717, 1.165) is 0 Å². The number of hydrogen-bond acceptors (Lipinski definition) is 3. The maximum absolute atomic E-state index is 11.4. The van der Waals surface area contributed by atoms with Crippen molar-refractivity contribution in [3.8, 4) is 0 Å². The molecule has 2 amide bonds. The van der Waals surface area contributed by atoms with Crippen LogP contribution in [0.5, 0.6) is 0 Å². The van der Waals surface area contributed by atoms with Crippen molar-refractivity contribution >= 4 is 40.7 Å². The molecule has 1 rings (SSSR count). The predicted molar refractivity (Wildman–Crippen MR) is 69.9 cm³/mol. The van der Waals surface area contributed by atoms with Gasteiger partial charge >= 0.3 is 11.8 Å². The highest BCUT2D eigenvalue weighted by atomic mass is 35.5. The normalized spacial score (nSPS) is 10.0. The average molecular weight is 291 g/mol. The Labute approximate surface area is 114 Å². The summed E-state index contributed by atoms with van der Waals surface area (Å²) in [6, 6.07) is 3.00. The van der Waals surface area contributed by atoms with Crippen molar-refractivity contribution in [2.45, 2.75) is 6.92 Å². The Morgan fingerprint density at radius 3 is 2.28 bits per heavy atom. The zero-order valence-corrected chi connectivity index (χ0v) is 11.1. The molecule has 1 aromatic rings. The van der Waals surface area contributed by atoms with Crippen molar-refractivity contribution in [1.29, 1.82) is 0 Å². The quantitative estimate of drug-likeness (QED) is 0.736. The zero-order chi connectivity index (χ0) is 13.7. The van der Waals surface area contributed by atoms with E-state index in [-0.39, 0.29) is 13.2 Å². The standard InChI is InChI=1S/C11H12Cl2N2O3/c1-6-8(12)4-7(5-9(6)13)15-11(18)10(17)14-2-3-16/h4-5,16H,2-3H2,1H3,(H,14,17)(H,15,18). The maximum Gasteiger partial charge on any atom is 0.313 e. The van der Waals surface area contributed by atoms with Gasteiger partial charge in [0.25, 0.3) is 0 Å². The summed E-state index contributed by atoms with van der Waals surface area (Å²) >= 11 is 11.8. The van der Waals surface area contributed by atoms with E-state index in [1.807, 2.05) is 0 Å². The molecule has 0 saturated carbocycles. The lowest BCUT2D eigenvalue weighted by atomic mass is 10.2. The van der Waals surface area contributed by atoms with Gasteiger partial charge in [-0.2, -0.15) is 0 Å². The van der Waals surface area contributed by atoms with Crippen LogP contribution in [0.1, 0.15) is 5.56 Å². The second-order valence-corrected chi connectivity index (χ2v) is 4.31. The molecular weight excluding hydrogens is 279 g/mol. The fourth-order valence-electron chi connectivity index (χ4n) is 1.16. The number of halogens is 2. The van der Waals surface area contributed by atoms with Crippen molar-refractivity contribution in [3.63, 3.8) is 0 Å². The van der Waals surface area contributed by atoms with Gasteiger partial charge in [0.2, 0.25) is 0 Å². The van der Waals surface area contributed by atoms with Crippen molar-refractivity contribution in [2.75, 3.05) is 18.5 Å². The van der Waals surface area contributed by atoms with Crippen LogP contribution in [-0.4, -0.2) is 30.1 Å². The molecule has 0 heterocycles. The van der Waals surface area contributed by atoms with Crippen LogP contribution in [0, 0.1) is 6.92 Å². The third-order valence-corrected chi connectivity index (χ3v) is 2.93. The summed E-state index contributed by atoms with van der Waals surface area (Å²) in [6.07, 6.45) is 0. The molecule has 0 bridgehead atoms. The van der Waals surface area contributed by atoms with Gasteiger partial charge in [-0.15, -0.1) is 0 Å². The van der Waals surface area contributed by atoms with E-state index < -0.39 is 11.8 Å². The summed E-state index contributed by atoms with van der Waals surface area (Å²) in [5.74, 6) is -1.68. The Bertz CT molecular complexity index is 454. The van der Waals surface area contributed by atoms with Crippen molar-refractivity contribution < 1.29 is 14.7 Å². The fourth-order valence-corrected chi connectivity index (χ4v) is 1.64. The number of nitrogens with one attached hydrogen (secondary N) is 2. The molecule has 0 spiro atoms. The fraction of sp³-hybridized carbons (Fsp3) is 0.273. The van der Waals surface area contributed by atoms with Crippen LogP contribution in [0.3, 0.4) is 0 Å². The Kier molecular flexibility index (Phi) is 5.40. The first-order valence-corrected chi connectivity index (χ1v) is 5.87. The number of anilines is 1. The van der Waals surface area contributed by atoms with Crippen LogP contribution in [0.25, 0.3) is 0 Å². The molecular formula is C11H12Cl2N2O3. The van der Waals surface area contributed by atoms with Crippen molar-refractivity contribution in [3.05, 3.63) is 27.7 Å². The van der Waals surface area contributed by atoms with Gasteiger partial charge in [-0.1, -0.05) is 23.2 Å². The topological polar surface area (TPSA) is 78.4 Å². The molecule has 0 fully saturated rings. The minimum absolute atomic E-state index is 0.0155. The molecule has 3 N–H and O–H groups in total. The molecule has 0 aliphatic rings. The average Bonchev–Trinajstić information content (AvgIpc) is 2.32. The number of aliphatic hydroxyl groups is 1. The largest absolute Gasteiger partial charge is 0.395 e. The van der Waals surface area contributed by atoms with Crippen molar-refractivity contribution in [2.24, 2.45) is 0 Å². The molecule has 0 radical (unpaired) electrons. The molecule has 0 aromatic heterocycles. The number of rotatable bonds is 3. The van der Waals surface area contributed by atoms with Crippen molar-refractivity contribution in [1.82, 2.24) is 5.32 Å². The number of benzene rings is 1. The second kappa shape index (κ2) is 6.58. The summed E-state index contributed by atoms with van der Waals surface area (Å²) in [6.45, 7) is 1.52. The highest BCUT2D eigenvalue weighted by Crippen LogP contribution is 2.27. The molecule has 5 nitrogen and oxygen atoms in total. The molecule has 0 aliphatic heterocycles. The van der Waals surface area contributed by atoms with E-state index in [2.05, 4.69) is 10.6 Å². The van der Waals surface area contributed by atoms with Crippen LogP contribution < -0.4 is 10.6 Å². The zero-order valence-electron chi connectivity index (χ0n) is 9.59. The summed E-state index contributed by atoms with van der Waals surface area (Å²) in [5, 5.41) is 13.9. The van der Waals surface area contributed by atoms with E-state index in [0.29, 0.717) is 21.3 Å². The second-order valence-electron chi connectivity index (χ2n) is 3.50. The number of hydrogen-bond donors (Lipinski definition) is 3. The highest BCUT2D eigenvalue weighted by molar-refractivity contribution is 6.40. The molecule has 98 valence electrons. The van der Waals surface area contributed by atoms with Crippen LogP contribution >= 0.6 is 23.2 Å². The molecule has 7 heteroatoms. The Balaban J connectivity index is 2.73. The highest BCUT2D eigenvalue weighted by Gasteiger charge is 2.14. The number of aliphatic hydroxyl groups excluding tert-OH is 1. The summed E-state index contributed by atoms with van der Waals surface area (Å²) in [7, 11) is 0. The summed E-state index contributed by atoms with van der Waals surface area (Å²) in [5.41, 5.74) is 1.03. The summed E-state index contributed by atoms with van der Waals surface area (Å²) in [4.78, 5) is 22.7. The first-order chi connectivity index (χ1) is 8.45. The number of carbonyl (C=O) groups excluding carboxylic acids is 2. The lowest BCUT2D eigenvalue weighted by Crippen LogP contribution is -2.36. The van der Waals surface area contributed by atoms with Crippen LogP contribution in [0.4, 0.5) is 5.69 Å². The molecule has 18 heavy (non-hydrogen) atoms. The molecule has 0 atom stereocenters. The minimum atomic E-state index is -0.848. The van der Waals surface area contributed by atoms with Crippen LogP contribution in [-0.2, 0) is 9.59 Å². The van der Waals surface area contributed by atoms with Gasteiger partial charge in [0.15, 0.2) is 0 Å². The van der Waals surface area contributed by atoms with E-state index in [4.69, 9.17) is 28.3 Å². The Morgan fingerprint density at radius 1 is 1.22 bits per heavy atom. The monoisotopic (exact) mass is 290 g/mol. The SMILES string of the molecule is Cc1c(Cl)cc(NC(=O)C(=O)NCCO)cc1Cl. The maximum atomic E-state index is 11.4. The van der Waals surface area contributed by atoms with Gasteiger partial charge in [0.1, 0.15) is 0 Å². The summed E-state index contributed by atoms with van der Waals surface area (Å²) < 4.78 is 0. The lowest BCUT2D eigenvalue weighted by molar-refractivity contribution is -0.136. The molecule has 0 aliphatic carbocycles. The smallest absolute Gasteiger partial charge is 0.313 e. The third-order valence-electron chi connectivity index (χ3n) is 2.14. The van der Waals surface area contributed by atoms with Gasteiger partial charge in [-0.05, 0) is 24.6 Å². The molecule has 0 saturated heterocycles. The van der Waals surface area contributed by atoms with Gasteiger partial charge in [-0.3, -0.25) is 9.59 Å². The van der Waals surface area contributed by atoms with E-state index >= 15 is 0 Å². The molecule has 1 aromatic carbocycles. The van der Waals surface area contributed by atoms with Gasteiger partial charge < -0.3 is 15.7 Å². The number of carbonyl (C=O) groups is 2. The van der Waals surface area contributed by atoms with Gasteiger partial charge in [0.05, 0.1) is 6.61 Å². The Morgan fingerprint density at radius 2 is 1.78 bits per heavy atom. The lowest BCUT2D eigenvalue weighted by Gasteiger charge is -2.08. The van der Waals surface area contributed by atoms with Gasteiger partial charge in [0, 0.05) is 22.3 Å². The molecule has 0 unspecified atom stereocenters. The predicted octanol–water partition coefficient (Wildman–Crippen LogP) is 1.35. The van der Waals surface area contributed by atoms with Gasteiger partial charge in [-0.25, -0.2) is 0 Å².